The van der Waals surface area contributed by atoms with Crippen molar-refractivity contribution in [2.45, 2.75) is 25.7 Å². The third-order valence-corrected chi connectivity index (χ3v) is 5.31. The molecule has 0 spiro atoms. The van der Waals surface area contributed by atoms with Gasteiger partial charge in [0.1, 0.15) is 0 Å². The van der Waals surface area contributed by atoms with Gasteiger partial charge >= 0.3 is 0 Å². The number of para-hydroxylation sites is 1. The van der Waals surface area contributed by atoms with Crippen LogP contribution in [0.25, 0.3) is 10.9 Å². The lowest BCUT2D eigenvalue weighted by Gasteiger charge is -2.22. The number of thiocarbonyl (C=S) groups is 1. The maximum atomic E-state index is 5.43. The Bertz CT molecular complexity index is 956. The SMILES string of the molecule is S=C(NNc1c2c(nc3ccccc13)CCCC2)Nc1ccc(Br)cc1. The summed E-state index contributed by atoms with van der Waals surface area (Å²) in [5.41, 5.74) is 12.0. The highest BCUT2D eigenvalue weighted by Crippen LogP contribution is 2.32. The number of nitrogens with zero attached hydrogens (tertiary/aromatic N) is 1. The van der Waals surface area contributed by atoms with Crippen LogP contribution in [0.3, 0.4) is 0 Å². The summed E-state index contributed by atoms with van der Waals surface area (Å²) >= 11 is 8.87. The minimum atomic E-state index is 0.526. The molecule has 0 saturated carbocycles. The maximum Gasteiger partial charge on any atom is 0.189 e. The van der Waals surface area contributed by atoms with Crippen LogP contribution >= 0.6 is 28.1 Å². The van der Waals surface area contributed by atoms with Gasteiger partial charge in [-0.3, -0.25) is 15.8 Å². The number of anilines is 2. The lowest BCUT2D eigenvalue weighted by molar-refractivity contribution is 0.671. The summed E-state index contributed by atoms with van der Waals surface area (Å²) in [6.07, 6.45) is 4.48. The minimum Gasteiger partial charge on any atom is -0.331 e. The fourth-order valence-corrected chi connectivity index (χ4v) is 3.76. The number of hydrogen-bond acceptors (Lipinski definition) is 3. The molecule has 1 aliphatic rings. The van der Waals surface area contributed by atoms with Gasteiger partial charge in [0.15, 0.2) is 5.11 Å². The average Bonchev–Trinajstić information content (AvgIpc) is 2.67. The standard InChI is InChI=1S/C20H19BrN4S/c21-13-9-11-14(12-10-13)22-20(26)25-24-19-15-5-1-3-7-17(15)23-18-8-4-2-6-16(18)19/h1,3,5,7,9-12H,2,4,6,8H2,(H,23,24)(H2,22,25,26). The normalized spacial score (nSPS) is 13.1. The summed E-state index contributed by atoms with van der Waals surface area (Å²) in [6.45, 7) is 0. The highest BCUT2D eigenvalue weighted by atomic mass is 79.9. The van der Waals surface area contributed by atoms with Crippen molar-refractivity contribution in [3.05, 3.63) is 64.3 Å². The quantitative estimate of drug-likeness (QED) is 0.397. The second kappa shape index (κ2) is 7.60. The Balaban J connectivity index is 1.56. The fraction of sp³-hybridized carbons (Fsp3) is 0.200. The van der Waals surface area contributed by atoms with Gasteiger partial charge in [-0.2, -0.15) is 0 Å². The molecule has 1 aliphatic carbocycles. The third kappa shape index (κ3) is 3.66. The van der Waals surface area contributed by atoms with Gasteiger partial charge in [0.05, 0.1) is 11.2 Å². The van der Waals surface area contributed by atoms with Crippen molar-refractivity contribution in [2.75, 3.05) is 10.7 Å². The number of pyridine rings is 1. The van der Waals surface area contributed by atoms with Crippen LogP contribution in [-0.2, 0) is 12.8 Å². The van der Waals surface area contributed by atoms with Crippen molar-refractivity contribution >= 4 is 55.5 Å². The Morgan fingerprint density at radius 2 is 1.77 bits per heavy atom. The molecule has 3 aromatic rings. The van der Waals surface area contributed by atoms with Crippen LogP contribution in [0.4, 0.5) is 11.4 Å². The molecular formula is C20H19BrN4S. The Hall–Kier alpha value is -2.18. The van der Waals surface area contributed by atoms with Crippen molar-refractivity contribution in [1.82, 2.24) is 10.4 Å². The van der Waals surface area contributed by atoms with Gasteiger partial charge in [0.25, 0.3) is 0 Å². The van der Waals surface area contributed by atoms with Gasteiger partial charge in [0, 0.05) is 21.2 Å². The molecule has 1 heterocycles. The highest BCUT2D eigenvalue weighted by molar-refractivity contribution is 9.10. The van der Waals surface area contributed by atoms with Gasteiger partial charge in [-0.15, -0.1) is 0 Å². The molecule has 132 valence electrons. The zero-order chi connectivity index (χ0) is 17.9. The van der Waals surface area contributed by atoms with Crippen LogP contribution in [0.2, 0.25) is 0 Å². The lowest BCUT2D eigenvalue weighted by Crippen LogP contribution is -2.34. The van der Waals surface area contributed by atoms with E-state index in [1.54, 1.807) is 0 Å². The van der Waals surface area contributed by atoms with Gasteiger partial charge in [0.2, 0.25) is 0 Å². The van der Waals surface area contributed by atoms with E-state index in [0.717, 1.165) is 39.6 Å². The molecule has 0 radical (unpaired) electrons. The Morgan fingerprint density at radius 1 is 1.00 bits per heavy atom. The molecule has 3 N–H and O–H groups in total. The molecule has 6 heteroatoms. The Labute approximate surface area is 166 Å². The number of aromatic nitrogens is 1. The number of benzene rings is 2. The number of fused-ring (bicyclic) bond motifs is 2. The van der Waals surface area contributed by atoms with Crippen LogP contribution in [-0.4, -0.2) is 10.1 Å². The number of nitrogens with one attached hydrogen (secondary N) is 3. The topological polar surface area (TPSA) is 49.0 Å². The molecule has 1 aromatic heterocycles. The van der Waals surface area contributed by atoms with Crippen LogP contribution in [0.5, 0.6) is 0 Å². The van der Waals surface area contributed by atoms with Crippen LogP contribution in [0.1, 0.15) is 24.1 Å². The molecule has 26 heavy (non-hydrogen) atoms. The monoisotopic (exact) mass is 426 g/mol. The zero-order valence-corrected chi connectivity index (χ0v) is 16.6. The van der Waals surface area contributed by atoms with E-state index in [0.29, 0.717) is 5.11 Å². The van der Waals surface area contributed by atoms with Crippen LogP contribution < -0.4 is 16.2 Å². The summed E-state index contributed by atoms with van der Waals surface area (Å²) < 4.78 is 1.04. The molecule has 4 rings (SSSR count). The molecule has 0 atom stereocenters. The number of aryl methyl sites for hydroxylation is 1. The van der Waals surface area contributed by atoms with Gasteiger partial charge in [-0.25, -0.2) is 0 Å². The minimum absolute atomic E-state index is 0.526. The van der Waals surface area contributed by atoms with E-state index in [9.17, 15) is 0 Å². The van der Waals surface area contributed by atoms with E-state index in [2.05, 4.69) is 44.2 Å². The molecule has 2 aromatic carbocycles. The molecule has 0 bridgehead atoms. The van der Waals surface area contributed by atoms with E-state index < -0.39 is 0 Å². The first-order valence-corrected chi connectivity index (χ1v) is 9.90. The smallest absolute Gasteiger partial charge is 0.189 e. The van der Waals surface area contributed by atoms with Crippen molar-refractivity contribution in [3.8, 4) is 0 Å². The van der Waals surface area contributed by atoms with Crippen molar-refractivity contribution < 1.29 is 0 Å². The van der Waals surface area contributed by atoms with E-state index in [4.69, 9.17) is 17.2 Å². The number of hydrogen-bond donors (Lipinski definition) is 3. The van der Waals surface area contributed by atoms with Gasteiger partial charge < -0.3 is 5.32 Å². The van der Waals surface area contributed by atoms with E-state index in [1.165, 1.54) is 24.1 Å². The Morgan fingerprint density at radius 3 is 2.62 bits per heavy atom. The van der Waals surface area contributed by atoms with Crippen LogP contribution in [0.15, 0.2) is 53.0 Å². The second-order valence-corrected chi connectivity index (χ2v) is 7.67. The molecule has 4 nitrogen and oxygen atoms in total. The van der Waals surface area contributed by atoms with E-state index in [-0.39, 0.29) is 0 Å². The number of halogens is 1. The summed E-state index contributed by atoms with van der Waals surface area (Å²) in [5, 5.41) is 4.83. The largest absolute Gasteiger partial charge is 0.331 e. The zero-order valence-electron chi connectivity index (χ0n) is 14.2. The van der Waals surface area contributed by atoms with E-state index in [1.807, 2.05) is 36.4 Å². The molecule has 0 aliphatic heterocycles. The lowest BCUT2D eigenvalue weighted by atomic mass is 9.93. The summed E-state index contributed by atoms with van der Waals surface area (Å²) in [6, 6.07) is 16.1. The molecule has 0 saturated heterocycles. The fourth-order valence-electron chi connectivity index (χ4n) is 3.33. The second-order valence-electron chi connectivity index (χ2n) is 6.35. The van der Waals surface area contributed by atoms with Gasteiger partial charge in [-0.05, 0) is 73.8 Å². The van der Waals surface area contributed by atoms with Crippen molar-refractivity contribution in [2.24, 2.45) is 0 Å². The summed E-state index contributed by atoms with van der Waals surface area (Å²) in [4.78, 5) is 4.86. The van der Waals surface area contributed by atoms with Gasteiger partial charge in [-0.1, -0.05) is 34.1 Å². The Kier molecular flexibility index (Phi) is 5.04. The molecule has 0 amide bonds. The molecule has 0 fully saturated rings. The summed E-state index contributed by atoms with van der Waals surface area (Å²) in [7, 11) is 0. The first-order chi connectivity index (χ1) is 12.7. The third-order valence-electron chi connectivity index (χ3n) is 4.57. The summed E-state index contributed by atoms with van der Waals surface area (Å²) in [5.74, 6) is 0. The molecular weight excluding hydrogens is 408 g/mol. The maximum absolute atomic E-state index is 5.43. The predicted octanol–water partition coefficient (Wildman–Crippen LogP) is 5.19. The first-order valence-electron chi connectivity index (χ1n) is 8.70. The predicted molar refractivity (Wildman–Crippen MR) is 116 cm³/mol. The molecule has 0 unspecified atom stereocenters. The van der Waals surface area contributed by atoms with E-state index >= 15 is 0 Å². The average molecular weight is 427 g/mol. The van der Waals surface area contributed by atoms with Crippen molar-refractivity contribution in [3.63, 3.8) is 0 Å². The first kappa shape index (κ1) is 17.2. The highest BCUT2D eigenvalue weighted by Gasteiger charge is 2.18. The van der Waals surface area contributed by atoms with Crippen molar-refractivity contribution in [1.29, 1.82) is 0 Å². The number of hydrazine groups is 1. The number of rotatable bonds is 3. The van der Waals surface area contributed by atoms with Crippen LogP contribution in [0, 0.1) is 0 Å².